The maximum Gasteiger partial charge on any atom is 0.226 e. The summed E-state index contributed by atoms with van der Waals surface area (Å²) in [6.45, 7) is 13.8. The number of nitrogens with zero attached hydrogens (tertiary/aromatic N) is 1. The van der Waals surface area contributed by atoms with E-state index in [1.807, 2.05) is 34.6 Å². The molecule has 4 rings (SSSR count). The molecular formula is C29H41N3O2. The average Bonchev–Trinajstić information content (AvgIpc) is 3.62. The number of ether oxygens (including phenoxy) is 1. The fraction of sp³-hybridized carbons (Fsp3) is 0.552. The van der Waals surface area contributed by atoms with Crippen LogP contribution in [0.2, 0.25) is 0 Å². The summed E-state index contributed by atoms with van der Waals surface area (Å²) in [6, 6.07) is 11.2. The summed E-state index contributed by atoms with van der Waals surface area (Å²) < 4.78 is 6.15. The van der Waals surface area contributed by atoms with Gasteiger partial charge < -0.3 is 20.7 Å². The van der Waals surface area contributed by atoms with Gasteiger partial charge in [-0.2, -0.15) is 0 Å². The van der Waals surface area contributed by atoms with Crippen molar-refractivity contribution in [2.75, 3.05) is 32.0 Å². The highest BCUT2D eigenvalue weighted by Crippen LogP contribution is 2.47. The molecule has 3 atom stereocenters. The number of hydrogen-bond acceptors (Lipinski definition) is 4. The van der Waals surface area contributed by atoms with E-state index < -0.39 is 0 Å². The molecule has 0 spiro atoms. The van der Waals surface area contributed by atoms with Crippen LogP contribution in [-0.4, -0.2) is 43.1 Å². The molecule has 1 heterocycles. The van der Waals surface area contributed by atoms with E-state index in [0.717, 1.165) is 71.5 Å². The van der Waals surface area contributed by atoms with E-state index in [1.165, 1.54) is 18.5 Å². The number of carbonyl (C=O) groups is 1. The zero-order chi connectivity index (χ0) is 24.4. The zero-order valence-electron chi connectivity index (χ0n) is 21.5. The highest BCUT2D eigenvalue weighted by molar-refractivity contribution is 5.78. The van der Waals surface area contributed by atoms with Gasteiger partial charge in [0, 0.05) is 31.4 Å². The summed E-state index contributed by atoms with van der Waals surface area (Å²) in [5, 5.41) is 3.27. The highest BCUT2D eigenvalue weighted by atomic mass is 16.5. The van der Waals surface area contributed by atoms with Gasteiger partial charge in [-0.1, -0.05) is 37.3 Å². The van der Waals surface area contributed by atoms with E-state index in [-0.39, 0.29) is 17.9 Å². The summed E-state index contributed by atoms with van der Waals surface area (Å²) in [7, 11) is 0. The van der Waals surface area contributed by atoms with E-state index >= 15 is 0 Å². The molecule has 1 aliphatic carbocycles. The molecular weight excluding hydrogens is 422 g/mol. The summed E-state index contributed by atoms with van der Waals surface area (Å²) in [5.41, 5.74) is 12.8. The molecule has 5 nitrogen and oxygen atoms in total. The second-order valence-electron chi connectivity index (χ2n) is 10.6. The lowest BCUT2D eigenvalue weighted by molar-refractivity contribution is -0.126. The van der Waals surface area contributed by atoms with Crippen molar-refractivity contribution in [2.45, 2.75) is 65.8 Å². The van der Waals surface area contributed by atoms with Gasteiger partial charge in [-0.05, 0) is 86.6 Å². The van der Waals surface area contributed by atoms with Crippen molar-refractivity contribution in [1.29, 1.82) is 0 Å². The van der Waals surface area contributed by atoms with Crippen LogP contribution in [0.1, 0.15) is 59.9 Å². The monoisotopic (exact) mass is 463 g/mol. The topological polar surface area (TPSA) is 67.6 Å². The lowest BCUT2D eigenvalue weighted by Gasteiger charge is -2.33. The number of anilines is 1. The third-order valence-electron chi connectivity index (χ3n) is 8.12. The third kappa shape index (κ3) is 5.41. The molecule has 2 aromatic rings. The summed E-state index contributed by atoms with van der Waals surface area (Å²) in [4.78, 5) is 15.4. The fourth-order valence-electron chi connectivity index (χ4n) is 5.30. The number of nitrogen functional groups attached to an aromatic ring is 1. The van der Waals surface area contributed by atoms with Crippen molar-refractivity contribution >= 4 is 11.6 Å². The van der Waals surface area contributed by atoms with Crippen LogP contribution in [0, 0.1) is 39.5 Å². The number of piperidine rings is 1. The van der Waals surface area contributed by atoms with Crippen LogP contribution in [-0.2, 0) is 4.79 Å². The molecule has 0 bridgehead atoms. The molecule has 34 heavy (non-hydrogen) atoms. The standard InChI is InChI=1S/C29H41N3O2/c1-18(17-34-28-21(4)19(2)27(30)20(3)22(28)5)29(33)31-25-11-13-32(14-12-25)16-24-15-26(24)23-9-7-6-8-10-23/h6-10,18,24-26H,11-17,30H2,1-5H3,(H,31,33). The van der Waals surface area contributed by atoms with Gasteiger partial charge in [0.25, 0.3) is 0 Å². The molecule has 184 valence electrons. The predicted octanol–water partition coefficient (Wildman–Crippen LogP) is 4.90. The van der Waals surface area contributed by atoms with Crippen LogP contribution < -0.4 is 15.8 Å². The number of likely N-dealkylation sites (tertiary alicyclic amines) is 1. The minimum absolute atomic E-state index is 0.0870. The van der Waals surface area contributed by atoms with Crippen LogP contribution in [0.15, 0.2) is 30.3 Å². The largest absolute Gasteiger partial charge is 0.492 e. The summed E-state index contributed by atoms with van der Waals surface area (Å²) >= 11 is 0. The number of hydrogen-bond donors (Lipinski definition) is 2. The normalized spacial score (nSPS) is 21.8. The second-order valence-corrected chi connectivity index (χ2v) is 10.6. The van der Waals surface area contributed by atoms with Gasteiger partial charge in [0.05, 0.1) is 12.5 Å². The molecule has 1 saturated heterocycles. The number of carbonyl (C=O) groups excluding carboxylic acids is 1. The lowest BCUT2D eigenvalue weighted by atomic mass is 9.97. The Labute approximate surface area is 205 Å². The Morgan fingerprint density at radius 1 is 1.06 bits per heavy atom. The Hall–Kier alpha value is -2.53. The van der Waals surface area contributed by atoms with Crippen LogP contribution in [0.5, 0.6) is 5.75 Å². The van der Waals surface area contributed by atoms with Gasteiger partial charge in [-0.15, -0.1) is 0 Å². The zero-order valence-corrected chi connectivity index (χ0v) is 21.5. The molecule has 1 amide bonds. The molecule has 0 radical (unpaired) electrons. The van der Waals surface area contributed by atoms with Gasteiger partial charge in [0.15, 0.2) is 0 Å². The number of amides is 1. The maximum atomic E-state index is 12.8. The molecule has 3 N–H and O–H groups in total. The van der Waals surface area contributed by atoms with Gasteiger partial charge in [0.1, 0.15) is 5.75 Å². The van der Waals surface area contributed by atoms with Crippen LogP contribution in [0.4, 0.5) is 5.69 Å². The van der Waals surface area contributed by atoms with Gasteiger partial charge in [0.2, 0.25) is 5.91 Å². The van der Waals surface area contributed by atoms with E-state index in [0.29, 0.717) is 6.61 Å². The SMILES string of the molecule is Cc1c(C)c(OCC(C)C(=O)NC2CCN(CC3CC3c3ccccc3)CC2)c(C)c(C)c1N. The smallest absolute Gasteiger partial charge is 0.226 e. The van der Waals surface area contributed by atoms with E-state index in [1.54, 1.807) is 0 Å². The Kier molecular flexibility index (Phi) is 7.51. The number of nitrogens with two attached hydrogens (primary N) is 1. The molecule has 0 aromatic heterocycles. The van der Waals surface area contributed by atoms with E-state index in [4.69, 9.17) is 10.5 Å². The molecule has 1 saturated carbocycles. The fourth-order valence-corrected chi connectivity index (χ4v) is 5.30. The lowest BCUT2D eigenvalue weighted by Crippen LogP contribution is -2.47. The van der Waals surface area contributed by atoms with Crippen molar-refractivity contribution in [3.63, 3.8) is 0 Å². The van der Waals surface area contributed by atoms with Gasteiger partial charge in [-0.25, -0.2) is 0 Å². The molecule has 3 unspecified atom stereocenters. The van der Waals surface area contributed by atoms with Crippen molar-refractivity contribution in [2.24, 2.45) is 11.8 Å². The van der Waals surface area contributed by atoms with E-state index in [2.05, 4.69) is 40.5 Å². The first kappa shape index (κ1) is 24.6. The number of nitrogens with one attached hydrogen (secondary N) is 1. The first-order valence-electron chi connectivity index (χ1n) is 12.8. The van der Waals surface area contributed by atoms with Crippen LogP contribution >= 0.6 is 0 Å². The third-order valence-corrected chi connectivity index (χ3v) is 8.12. The first-order valence-corrected chi connectivity index (χ1v) is 12.8. The quantitative estimate of drug-likeness (QED) is 0.547. The molecule has 2 aliphatic rings. The molecule has 1 aliphatic heterocycles. The first-order chi connectivity index (χ1) is 16.3. The van der Waals surface area contributed by atoms with Gasteiger partial charge in [-0.3, -0.25) is 4.79 Å². The molecule has 5 heteroatoms. The average molecular weight is 464 g/mol. The predicted molar refractivity (Wildman–Crippen MR) is 139 cm³/mol. The Bertz CT molecular complexity index is 983. The van der Waals surface area contributed by atoms with Crippen molar-refractivity contribution < 1.29 is 9.53 Å². The Balaban J connectivity index is 1.20. The highest BCUT2D eigenvalue weighted by Gasteiger charge is 2.39. The minimum Gasteiger partial charge on any atom is -0.492 e. The van der Waals surface area contributed by atoms with Crippen LogP contribution in [0.3, 0.4) is 0 Å². The van der Waals surface area contributed by atoms with Crippen molar-refractivity contribution in [1.82, 2.24) is 10.2 Å². The minimum atomic E-state index is -0.201. The maximum absolute atomic E-state index is 12.8. The van der Waals surface area contributed by atoms with Crippen LogP contribution in [0.25, 0.3) is 0 Å². The summed E-state index contributed by atoms with van der Waals surface area (Å²) in [6.07, 6.45) is 3.36. The van der Waals surface area contributed by atoms with Crippen molar-refractivity contribution in [3.05, 3.63) is 58.1 Å². The van der Waals surface area contributed by atoms with Gasteiger partial charge >= 0.3 is 0 Å². The van der Waals surface area contributed by atoms with Crippen molar-refractivity contribution in [3.8, 4) is 5.75 Å². The second kappa shape index (κ2) is 10.4. The number of benzene rings is 2. The summed E-state index contributed by atoms with van der Waals surface area (Å²) in [5.74, 6) is 2.28. The Morgan fingerprint density at radius 2 is 1.68 bits per heavy atom. The Morgan fingerprint density at radius 3 is 2.29 bits per heavy atom. The number of rotatable bonds is 8. The van der Waals surface area contributed by atoms with E-state index in [9.17, 15) is 4.79 Å². The molecule has 2 aromatic carbocycles. The molecule has 2 fully saturated rings.